The predicted octanol–water partition coefficient (Wildman–Crippen LogP) is 2.33. The minimum Gasteiger partial charge on any atom is -0.353 e. The van der Waals surface area contributed by atoms with Crippen LogP contribution in [0.15, 0.2) is 0 Å². The van der Waals surface area contributed by atoms with Crippen molar-refractivity contribution in [1.29, 1.82) is 0 Å². The molecule has 2 nitrogen and oxygen atoms in total. The summed E-state index contributed by atoms with van der Waals surface area (Å²) in [6.45, 7) is 3.92. The van der Waals surface area contributed by atoms with Crippen LogP contribution in [0.25, 0.3) is 0 Å². The molecule has 0 spiro atoms. The van der Waals surface area contributed by atoms with Gasteiger partial charge < -0.3 is 9.47 Å². The van der Waals surface area contributed by atoms with E-state index in [0.717, 1.165) is 26.1 Å². The Bertz CT molecular complexity index is 87.6. The van der Waals surface area contributed by atoms with E-state index in [1.54, 1.807) is 0 Å². The van der Waals surface area contributed by atoms with E-state index in [4.69, 9.17) is 9.47 Å². The Balaban J connectivity index is 1.96. The van der Waals surface area contributed by atoms with Crippen molar-refractivity contribution in [2.45, 2.75) is 45.3 Å². The monoisotopic (exact) mass is 158 g/mol. The average Bonchev–Trinajstić information content (AvgIpc) is 2.07. The highest BCUT2D eigenvalue weighted by Gasteiger charge is 2.12. The molecule has 0 aliphatic carbocycles. The third-order valence-corrected chi connectivity index (χ3v) is 1.94. The second kappa shape index (κ2) is 5.56. The van der Waals surface area contributed by atoms with Crippen molar-refractivity contribution in [2.75, 3.05) is 13.2 Å². The van der Waals surface area contributed by atoms with Crippen LogP contribution < -0.4 is 0 Å². The summed E-state index contributed by atoms with van der Waals surface area (Å²) in [7, 11) is 0. The molecular weight excluding hydrogens is 140 g/mol. The highest BCUT2D eigenvalue weighted by molar-refractivity contribution is 4.53. The van der Waals surface area contributed by atoms with Crippen molar-refractivity contribution < 1.29 is 9.47 Å². The standard InChI is InChI=1S/C9H18O2/c1-2-3-7-10-9-6-4-5-8-11-9/h9H,2-8H2,1H3/t9-/m0/s1. The van der Waals surface area contributed by atoms with Gasteiger partial charge in [-0.1, -0.05) is 13.3 Å². The first kappa shape index (κ1) is 9.01. The van der Waals surface area contributed by atoms with Gasteiger partial charge in [-0.15, -0.1) is 0 Å². The predicted molar refractivity (Wildman–Crippen MR) is 44.5 cm³/mol. The highest BCUT2D eigenvalue weighted by Crippen LogP contribution is 2.13. The molecule has 1 rings (SSSR count). The summed E-state index contributed by atoms with van der Waals surface area (Å²) >= 11 is 0. The smallest absolute Gasteiger partial charge is 0.157 e. The highest BCUT2D eigenvalue weighted by atomic mass is 16.7. The van der Waals surface area contributed by atoms with Crippen LogP contribution >= 0.6 is 0 Å². The van der Waals surface area contributed by atoms with Gasteiger partial charge in [0, 0.05) is 13.2 Å². The van der Waals surface area contributed by atoms with Gasteiger partial charge in [-0.25, -0.2) is 0 Å². The molecule has 0 unspecified atom stereocenters. The van der Waals surface area contributed by atoms with Crippen LogP contribution in [0, 0.1) is 0 Å². The first-order valence-corrected chi connectivity index (χ1v) is 4.66. The molecular formula is C9H18O2. The molecule has 0 saturated carbocycles. The van der Waals surface area contributed by atoms with Crippen molar-refractivity contribution in [3.05, 3.63) is 0 Å². The van der Waals surface area contributed by atoms with E-state index < -0.39 is 0 Å². The number of unbranched alkanes of at least 4 members (excludes halogenated alkanes) is 1. The summed E-state index contributed by atoms with van der Waals surface area (Å²) in [5, 5.41) is 0. The Morgan fingerprint density at radius 2 is 2.36 bits per heavy atom. The minimum absolute atomic E-state index is 0.107. The number of hydrogen-bond acceptors (Lipinski definition) is 2. The van der Waals surface area contributed by atoms with Crippen LogP contribution in [0.1, 0.15) is 39.0 Å². The fourth-order valence-electron chi connectivity index (χ4n) is 1.20. The summed E-state index contributed by atoms with van der Waals surface area (Å²) in [5.41, 5.74) is 0. The third-order valence-electron chi connectivity index (χ3n) is 1.94. The van der Waals surface area contributed by atoms with Crippen LogP contribution in [0.3, 0.4) is 0 Å². The molecule has 2 heteroatoms. The SMILES string of the molecule is CCCCO[C@@H]1CCCCO1. The first-order chi connectivity index (χ1) is 5.43. The molecule has 1 aliphatic heterocycles. The molecule has 1 fully saturated rings. The topological polar surface area (TPSA) is 18.5 Å². The maximum absolute atomic E-state index is 5.50. The van der Waals surface area contributed by atoms with Crippen molar-refractivity contribution in [3.8, 4) is 0 Å². The summed E-state index contributed by atoms with van der Waals surface area (Å²) in [4.78, 5) is 0. The van der Waals surface area contributed by atoms with Gasteiger partial charge in [0.1, 0.15) is 0 Å². The van der Waals surface area contributed by atoms with E-state index in [0.29, 0.717) is 0 Å². The van der Waals surface area contributed by atoms with E-state index in [9.17, 15) is 0 Å². The molecule has 0 N–H and O–H groups in total. The molecule has 0 bridgehead atoms. The van der Waals surface area contributed by atoms with Gasteiger partial charge in [0.15, 0.2) is 6.29 Å². The van der Waals surface area contributed by atoms with E-state index in [1.807, 2.05) is 0 Å². The van der Waals surface area contributed by atoms with Crippen LogP contribution in [0.2, 0.25) is 0 Å². The Morgan fingerprint density at radius 1 is 1.45 bits per heavy atom. The molecule has 1 aliphatic rings. The van der Waals surface area contributed by atoms with Crippen LogP contribution in [0.4, 0.5) is 0 Å². The number of rotatable bonds is 4. The average molecular weight is 158 g/mol. The number of ether oxygens (including phenoxy) is 2. The lowest BCUT2D eigenvalue weighted by atomic mass is 10.2. The van der Waals surface area contributed by atoms with Gasteiger partial charge in [0.2, 0.25) is 0 Å². The molecule has 1 saturated heterocycles. The summed E-state index contributed by atoms with van der Waals surface area (Å²) in [6.07, 6.45) is 6.01. The Labute approximate surface area is 68.9 Å². The zero-order chi connectivity index (χ0) is 7.94. The quantitative estimate of drug-likeness (QED) is 0.585. The molecule has 0 aromatic heterocycles. The third kappa shape index (κ3) is 3.73. The van der Waals surface area contributed by atoms with Gasteiger partial charge in [-0.3, -0.25) is 0 Å². The van der Waals surface area contributed by atoms with Gasteiger partial charge in [-0.2, -0.15) is 0 Å². The fourth-order valence-corrected chi connectivity index (χ4v) is 1.20. The molecule has 0 aromatic carbocycles. The molecule has 0 aromatic rings. The van der Waals surface area contributed by atoms with Crippen molar-refractivity contribution in [2.24, 2.45) is 0 Å². The van der Waals surface area contributed by atoms with Crippen LogP contribution in [0.5, 0.6) is 0 Å². The van der Waals surface area contributed by atoms with Crippen molar-refractivity contribution >= 4 is 0 Å². The lowest BCUT2D eigenvalue weighted by Crippen LogP contribution is -2.22. The molecule has 1 heterocycles. The number of hydrogen-bond donors (Lipinski definition) is 0. The zero-order valence-electron chi connectivity index (χ0n) is 7.34. The molecule has 11 heavy (non-hydrogen) atoms. The normalized spacial score (nSPS) is 25.4. The second-order valence-corrected chi connectivity index (χ2v) is 3.02. The van der Waals surface area contributed by atoms with Crippen LogP contribution in [-0.4, -0.2) is 19.5 Å². The fraction of sp³-hybridized carbons (Fsp3) is 1.00. The van der Waals surface area contributed by atoms with Gasteiger partial charge in [0.05, 0.1) is 0 Å². The summed E-state index contributed by atoms with van der Waals surface area (Å²) in [6, 6.07) is 0. The van der Waals surface area contributed by atoms with E-state index in [1.165, 1.54) is 19.3 Å². The Morgan fingerprint density at radius 3 is 3.00 bits per heavy atom. The lowest BCUT2D eigenvalue weighted by molar-refractivity contribution is -0.162. The Kier molecular flexibility index (Phi) is 4.55. The van der Waals surface area contributed by atoms with E-state index in [-0.39, 0.29) is 6.29 Å². The van der Waals surface area contributed by atoms with Gasteiger partial charge >= 0.3 is 0 Å². The largest absolute Gasteiger partial charge is 0.353 e. The summed E-state index contributed by atoms with van der Waals surface area (Å²) < 4.78 is 10.9. The van der Waals surface area contributed by atoms with Crippen molar-refractivity contribution in [3.63, 3.8) is 0 Å². The molecule has 66 valence electrons. The van der Waals surface area contributed by atoms with Gasteiger partial charge in [0.25, 0.3) is 0 Å². The molecule has 0 amide bonds. The van der Waals surface area contributed by atoms with E-state index >= 15 is 0 Å². The molecule has 1 atom stereocenters. The molecule has 0 radical (unpaired) electrons. The minimum atomic E-state index is 0.107. The first-order valence-electron chi connectivity index (χ1n) is 4.66. The zero-order valence-corrected chi connectivity index (χ0v) is 7.34. The summed E-state index contributed by atoms with van der Waals surface area (Å²) in [5.74, 6) is 0. The Hall–Kier alpha value is -0.0800. The van der Waals surface area contributed by atoms with Crippen molar-refractivity contribution in [1.82, 2.24) is 0 Å². The van der Waals surface area contributed by atoms with E-state index in [2.05, 4.69) is 6.92 Å². The van der Waals surface area contributed by atoms with Gasteiger partial charge in [-0.05, 0) is 25.7 Å². The second-order valence-electron chi connectivity index (χ2n) is 3.02. The van der Waals surface area contributed by atoms with Crippen LogP contribution in [-0.2, 0) is 9.47 Å². The maximum atomic E-state index is 5.50. The maximum Gasteiger partial charge on any atom is 0.157 e. The lowest BCUT2D eigenvalue weighted by Gasteiger charge is -2.22.